The Kier molecular flexibility index (Phi) is 1.50. The molecule has 0 aliphatic heterocycles. The normalized spacial score (nSPS) is 20.1. The monoisotopic (exact) mass is 151 g/mol. The van der Waals surface area contributed by atoms with Crippen molar-refractivity contribution in [1.82, 2.24) is 0 Å². The van der Waals surface area contributed by atoms with Crippen molar-refractivity contribution in [3.63, 3.8) is 0 Å². The van der Waals surface area contributed by atoms with E-state index in [1.807, 2.05) is 12.1 Å². The summed E-state index contributed by atoms with van der Waals surface area (Å²) in [6.07, 6.45) is 6.15. The summed E-state index contributed by atoms with van der Waals surface area (Å²) in [6.45, 7) is 0. The van der Waals surface area contributed by atoms with Crippen LogP contribution in [0.1, 0.15) is 25.0 Å². The number of aryl methyl sites for hydroxylation is 1. The maximum atomic E-state index is 5.92. The highest BCUT2D eigenvalue weighted by Gasteiger charge is 2.37. The quantitative estimate of drug-likeness (QED) is 0.714. The lowest BCUT2D eigenvalue weighted by Crippen LogP contribution is -2.21. The predicted molar refractivity (Wildman–Crippen MR) is 43.2 cm³/mol. The molecule has 0 bridgehead atoms. The fourth-order valence-electron chi connectivity index (χ4n) is 1.24. The van der Waals surface area contributed by atoms with Crippen molar-refractivity contribution in [2.75, 3.05) is 0 Å². The minimum Gasteiger partial charge on any atom is -0.469 e. The highest BCUT2D eigenvalue weighted by atomic mass is 16.3. The molecule has 0 atom stereocenters. The van der Waals surface area contributed by atoms with Crippen LogP contribution in [0.15, 0.2) is 22.8 Å². The molecule has 2 nitrogen and oxygen atoms in total. The molecule has 1 fully saturated rings. The van der Waals surface area contributed by atoms with Gasteiger partial charge in [-0.2, -0.15) is 0 Å². The van der Waals surface area contributed by atoms with E-state index in [2.05, 4.69) is 0 Å². The van der Waals surface area contributed by atoms with Gasteiger partial charge >= 0.3 is 0 Å². The summed E-state index contributed by atoms with van der Waals surface area (Å²) in [5, 5.41) is 0. The Balaban J connectivity index is 1.83. The summed E-state index contributed by atoms with van der Waals surface area (Å²) in [7, 11) is 0. The van der Waals surface area contributed by atoms with Crippen LogP contribution in [0.4, 0.5) is 0 Å². The number of hydrogen-bond donors (Lipinski definition) is 1. The van der Waals surface area contributed by atoms with E-state index in [0.717, 1.165) is 18.6 Å². The van der Waals surface area contributed by atoms with Crippen molar-refractivity contribution in [2.45, 2.75) is 31.2 Å². The van der Waals surface area contributed by atoms with Crippen LogP contribution in [-0.4, -0.2) is 5.54 Å². The van der Waals surface area contributed by atoms with Crippen molar-refractivity contribution < 1.29 is 4.42 Å². The zero-order chi connectivity index (χ0) is 7.73. The van der Waals surface area contributed by atoms with Gasteiger partial charge in [0.2, 0.25) is 0 Å². The summed E-state index contributed by atoms with van der Waals surface area (Å²) < 4.78 is 5.20. The highest BCUT2D eigenvalue weighted by molar-refractivity contribution is 5.04. The fraction of sp³-hybridized carbons (Fsp3) is 0.556. The smallest absolute Gasteiger partial charge is 0.103 e. The second kappa shape index (κ2) is 2.38. The third kappa shape index (κ3) is 1.63. The van der Waals surface area contributed by atoms with E-state index in [9.17, 15) is 0 Å². The van der Waals surface area contributed by atoms with Crippen LogP contribution in [0, 0.1) is 0 Å². The number of hydrogen-bond acceptors (Lipinski definition) is 2. The molecule has 1 aliphatic carbocycles. The molecule has 1 aliphatic rings. The van der Waals surface area contributed by atoms with Crippen molar-refractivity contribution >= 4 is 0 Å². The maximum absolute atomic E-state index is 5.92. The van der Waals surface area contributed by atoms with Crippen molar-refractivity contribution in [3.8, 4) is 0 Å². The molecule has 0 spiro atoms. The Hall–Kier alpha value is -0.760. The predicted octanol–water partition coefficient (Wildman–Crippen LogP) is 1.70. The minimum atomic E-state index is 0.160. The van der Waals surface area contributed by atoms with E-state index < -0.39 is 0 Å². The lowest BCUT2D eigenvalue weighted by molar-refractivity contribution is 0.481. The van der Waals surface area contributed by atoms with Crippen LogP contribution in [0.2, 0.25) is 0 Å². The first kappa shape index (κ1) is 6.92. The molecule has 0 aromatic carbocycles. The van der Waals surface area contributed by atoms with E-state index >= 15 is 0 Å². The standard InChI is InChI=1S/C9H13NO/c10-9(5-6-9)4-3-8-2-1-7-11-8/h1-2,7H,3-6,10H2. The zero-order valence-electron chi connectivity index (χ0n) is 6.55. The minimum absolute atomic E-state index is 0.160. The Labute approximate surface area is 66.4 Å². The number of rotatable bonds is 3. The Bertz CT molecular complexity index is 224. The average Bonchev–Trinajstić information content (AvgIpc) is 2.53. The second-order valence-corrected chi connectivity index (χ2v) is 3.44. The van der Waals surface area contributed by atoms with Crippen LogP contribution in [0.25, 0.3) is 0 Å². The Morgan fingerprint density at radius 3 is 2.91 bits per heavy atom. The van der Waals surface area contributed by atoms with E-state index in [1.165, 1.54) is 12.8 Å². The summed E-state index contributed by atoms with van der Waals surface area (Å²) in [6, 6.07) is 3.93. The maximum Gasteiger partial charge on any atom is 0.103 e. The first-order valence-corrected chi connectivity index (χ1v) is 4.10. The van der Waals surface area contributed by atoms with E-state index in [-0.39, 0.29) is 5.54 Å². The summed E-state index contributed by atoms with van der Waals surface area (Å²) in [5.74, 6) is 1.06. The van der Waals surface area contributed by atoms with Crippen molar-refractivity contribution in [3.05, 3.63) is 24.2 Å². The lowest BCUT2D eigenvalue weighted by atomic mass is 10.1. The molecule has 1 aromatic rings. The fourth-order valence-corrected chi connectivity index (χ4v) is 1.24. The van der Waals surface area contributed by atoms with Gasteiger partial charge in [0.05, 0.1) is 6.26 Å². The van der Waals surface area contributed by atoms with Gasteiger partial charge in [0.25, 0.3) is 0 Å². The molecule has 0 unspecified atom stereocenters. The van der Waals surface area contributed by atoms with Crippen LogP contribution in [0.3, 0.4) is 0 Å². The van der Waals surface area contributed by atoms with E-state index in [0.29, 0.717) is 0 Å². The third-order valence-electron chi connectivity index (χ3n) is 2.34. The van der Waals surface area contributed by atoms with Gasteiger partial charge < -0.3 is 10.2 Å². The van der Waals surface area contributed by atoms with Crippen LogP contribution in [-0.2, 0) is 6.42 Å². The van der Waals surface area contributed by atoms with Gasteiger partial charge in [0.1, 0.15) is 5.76 Å². The third-order valence-corrected chi connectivity index (χ3v) is 2.34. The van der Waals surface area contributed by atoms with Crippen LogP contribution < -0.4 is 5.73 Å². The molecule has 0 saturated heterocycles. The SMILES string of the molecule is NC1(CCc2ccco2)CC1. The Morgan fingerprint density at radius 1 is 1.55 bits per heavy atom. The molecule has 1 heterocycles. The molecule has 2 rings (SSSR count). The van der Waals surface area contributed by atoms with Gasteiger partial charge in [-0.1, -0.05) is 0 Å². The Morgan fingerprint density at radius 2 is 2.36 bits per heavy atom. The molecule has 60 valence electrons. The van der Waals surface area contributed by atoms with Gasteiger partial charge in [-0.05, 0) is 31.4 Å². The van der Waals surface area contributed by atoms with Gasteiger partial charge in [-0.15, -0.1) is 0 Å². The van der Waals surface area contributed by atoms with Gasteiger partial charge in [-0.25, -0.2) is 0 Å². The summed E-state index contributed by atoms with van der Waals surface area (Å²) >= 11 is 0. The zero-order valence-corrected chi connectivity index (χ0v) is 6.55. The molecule has 0 amide bonds. The topological polar surface area (TPSA) is 39.2 Å². The number of furan rings is 1. The lowest BCUT2D eigenvalue weighted by Gasteiger charge is -2.04. The van der Waals surface area contributed by atoms with Gasteiger partial charge in [-0.3, -0.25) is 0 Å². The molecule has 11 heavy (non-hydrogen) atoms. The number of nitrogens with two attached hydrogens (primary N) is 1. The van der Waals surface area contributed by atoms with Crippen molar-refractivity contribution in [1.29, 1.82) is 0 Å². The molecule has 1 saturated carbocycles. The van der Waals surface area contributed by atoms with E-state index in [4.69, 9.17) is 10.2 Å². The largest absolute Gasteiger partial charge is 0.469 e. The van der Waals surface area contributed by atoms with Crippen LogP contribution in [0.5, 0.6) is 0 Å². The molecule has 1 aromatic heterocycles. The molecular formula is C9H13NO. The van der Waals surface area contributed by atoms with Crippen LogP contribution >= 0.6 is 0 Å². The molecule has 2 heteroatoms. The molecule has 2 N–H and O–H groups in total. The van der Waals surface area contributed by atoms with Gasteiger partial charge in [0.15, 0.2) is 0 Å². The average molecular weight is 151 g/mol. The second-order valence-electron chi connectivity index (χ2n) is 3.44. The first-order valence-electron chi connectivity index (χ1n) is 4.10. The summed E-state index contributed by atoms with van der Waals surface area (Å²) in [5.41, 5.74) is 6.08. The summed E-state index contributed by atoms with van der Waals surface area (Å²) in [4.78, 5) is 0. The highest BCUT2D eigenvalue weighted by Crippen LogP contribution is 2.36. The molecule has 0 radical (unpaired) electrons. The van der Waals surface area contributed by atoms with Gasteiger partial charge in [0, 0.05) is 12.0 Å². The first-order chi connectivity index (χ1) is 5.29. The van der Waals surface area contributed by atoms with Crippen molar-refractivity contribution in [2.24, 2.45) is 5.73 Å². The molecular weight excluding hydrogens is 138 g/mol. The van der Waals surface area contributed by atoms with E-state index in [1.54, 1.807) is 6.26 Å².